The van der Waals surface area contributed by atoms with Gasteiger partial charge in [-0.25, -0.2) is 0 Å². The van der Waals surface area contributed by atoms with Crippen LogP contribution in [0.25, 0.3) is 0 Å². The summed E-state index contributed by atoms with van der Waals surface area (Å²) < 4.78 is 0. The first-order valence-electron chi connectivity index (χ1n) is 6.73. The third kappa shape index (κ3) is 2.52. The van der Waals surface area contributed by atoms with Crippen molar-refractivity contribution in [3.8, 4) is 0 Å². The minimum atomic E-state index is 0.995. The summed E-state index contributed by atoms with van der Waals surface area (Å²) in [4.78, 5) is 0. The first kappa shape index (κ1) is 10.5. The molecule has 1 unspecified atom stereocenters. The van der Waals surface area contributed by atoms with Gasteiger partial charge in [0.2, 0.25) is 0 Å². The van der Waals surface area contributed by atoms with Crippen molar-refractivity contribution in [2.75, 3.05) is 0 Å². The summed E-state index contributed by atoms with van der Waals surface area (Å²) in [5.74, 6) is 5.16. The molecular weight excluding hydrogens is 168 g/mol. The summed E-state index contributed by atoms with van der Waals surface area (Å²) in [6, 6.07) is 0. The van der Waals surface area contributed by atoms with E-state index in [2.05, 4.69) is 13.8 Å². The lowest BCUT2D eigenvalue weighted by Crippen LogP contribution is -2.16. The van der Waals surface area contributed by atoms with E-state index >= 15 is 0 Å². The first-order chi connectivity index (χ1) is 6.86. The predicted molar refractivity (Wildman–Crippen MR) is 62.0 cm³/mol. The molecule has 0 nitrogen and oxygen atoms in total. The normalized spacial score (nSPS) is 24.2. The second kappa shape index (κ2) is 4.68. The van der Waals surface area contributed by atoms with Crippen LogP contribution < -0.4 is 0 Å². The first-order valence-corrected chi connectivity index (χ1v) is 6.73. The molecule has 0 N–H and O–H groups in total. The molecular formula is C14H25. The van der Waals surface area contributed by atoms with Crippen molar-refractivity contribution < 1.29 is 0 Å². The zero-order chi connectivity index (χ0) is 9.97. The summed E-state index contributed by atoms with van der Waals surface area (Å²) in [6.45, 7) is 4.71. The van der Waals surface area contributed by atoms with Gasteiger partial charge in [0.15, 0.2) is 0 Å². The molecule has 2 saturated carbocycles. The van der Waals surface area contributed by atoms with Crippen LogP contribution in [0.15, 0.2) is 0 Å². The molecule has 2 aliphatic rings. The van der Waals surface area contributed by atoms with Crippen molar-refractivity contribution in [2.24, 2.45) is 17.8 Å². The van der Waals surface area contributed by atoms with E-state index < -0.39 is 0 Å². The molecule has 0 aromatic rings. The maximum absolute atomic E-state index is 2.39. The van der Waals surface area contributed by atoms with Crippen molar-refractivity contribution in [3.63, 3.8) is 0 Å². The molecule has 0 aromatic carbocycles. The highest BCUT2D eigenvalue weighted by molar-refractivity contribution is 5.15. The minimum Gasteiger partial charge on any atom is -0.0654 e. The lowest BCUT2D eigenvalue weighted by molar-refractivity contribution is 0.403. The topological polar surface area (TPSA) is 0 Å². The number of hydrogen-bond acceptors (Lipinski definition) is 0. The molecule has 2 aliphatic carbocycles. The van der Waals surface area contributed by atoms with Crippen molar-refractivity contribution >= 4 is 0 Å². The van der Waals surface area contributed by atoms with Gasteiger partial charge in [0.25, 0.3) is 0 Å². The zero-order valence-electron chi connectivity index (χ0n) is 9.89. The molecule has 0 bridgehead atoms. The van der Waals surface area contributed by atoms with Gasteiger partial charge in [-0.3, -0.25) is 0 Å². The Morgan fingerprint density at radius 3 is 2.00 bits per heavy atom. The molecule has 0 aromatic heterocycles. The van der Waals surface area contributed by atoms with Gasteiger partial charge < -0.3 is 0 Å². The van der Waals surface area contributed by atoms with Crippen LogP contribution in [0.2, 0.25) is 0 Å². The van der Waals surface area contributed by atoms with Gasteiger partial charge in [-0.15, -0.1) is 0 Å². The van der Waals surface area contributed by atoms with Crippen LogP contribution in [0.1, 0.15) is 65.2 Å². The third-order valence-electron chi connectivity index (χ3n) is 3.97. The Morgan fingerprint density at radius 1 is 1.07 bits per heavy atom. The summed E-state index contributed by atoms with van der Waals surface area (Å²) in [5, 5.41) is 0. The van der Waals surface area contributed by atoms with Crippen molar-refractivity contribution in [3.05, 3.63) is 5.92 Å². The monoisotopic (exact) mass is 193 g/mol. The van der Waals surface area contributed by atoms with Crippen molar-refractivity contribution in [2.45, 2.75) is 65.2 Å². The third-order valence-corrected chi connectivity index (χ3v) is 3.97. The molecule has 2 fully saturated rings. The van der Waals surface area contributed by atoms with Crippen LogP contribution in [-0.4, -0.2) is 0 Å². The van der Waals surface area contributed by atoms with E-state index in [9.17, 15) is 0 Å². The average molecular weight is 193 g/mol. The molecule has 0 amide bonds. The highest BCUT2D eigenvalue weighted by Gasteiger charge is 2.44. The lowest BCUT2D eigenvalue weighted by atomic mass is 9.79. The van der Waals surface area contributed by atoms with Crippen molar-refractivity contribution in [1.82, 2.24) is 0 Å². The largest absolute Gasteiger partial charge is 0.0654 e. The van der Waals surface area contributed by atoms with E-state index in [1.807, 2.05) is 5.92 Å². The Bertz CT molecular complexity index is 153. The van der Waals surface area contributed by atoms with Crippen LogP contribution in [0.4, 0.5) is 0 Å². The zero-order valence-corrected chi connectivity index (χ0v) is 9.89. The predicted octanol–water partition coefficient (Wildman–Crippen LogP) is 4.60. The molecule has 0 saturated heterocycles. The Balaban J connectivity index is 1.85. The smallest absolute Gasteiger partial charge is 0.0148 e. The van der Waals surface area contributed by atoms with E-state index in [1.165, 1.54) is 51.4 Å². The van der Waals surface area contributed by atoms with Crippen LogP contribution in [0.3, 0.4) is 0 Å². The van der Waals surface area contributed by atoms with E-state index in [0.29, 0.717) is 0 Å². The second-order valence-electron chi connectivity index (χ2n) is 5.30. The summed E-state index contributed by atoms with van der Waals surface area (Å²) in [6.07, 6.45) is 11.8. The van der Waals surface area contributed by atoms with E-state index in [-0.39, 0.29) is 0 Å². The maximum atomic E-state index is 2.39. The fourth-order valence-corrected chi connectivity index (χ4v) is 2.89. The van der Waals surface area contributed by atoms with Gasteiger partial charge in [-0.2, -0.15) is 0 Å². The summed E-state index contributed by atoms with van der Waals surface area (Å²) in [7, 11) is 0. The molecule has 2 rings (SSSR count). The minimum absolute atomic E-state index is 0.995. The molecule has 1 radical (unpaired) electrons. The Labute approximate surface area is 89.5 Å². The van der Waals surface area contributed by atoms with Gasteiger partial charge >= 0.3 is 0 Å². The molecule has 1 atom stereocenters. The molecule has 0 spiro atoms. The van der Waals surface area contributed by atoms with Crippen molar-refractivity contribution in [1.29, 1.82) is 0 Å². The number of rotatable bonds is 7. The fourth-order valence-electron chi connectivity index (χ4n) is 2.89. The quantitative estimate of drug-likeness (QED) is 0.554. The Kier molecular flexibility index (Phi) is 3.52. The standard InChI is InChI=1S/C14H25/c1-3-5-6-11(4-2)14(12-7-8-12)13-9-10-13/h11-13H,3-10H2,1-2H3. The Hall–Kier alpha value is 0. The summed E-state index contributed by atoms with van der Waals surface area (Å²) >= 11 is 0. The number of unbranched alkanes of at least 4 members (excludes halogenated alkanes) is 1. The van der Waals surface area contributed by atoms with Gasteiger partial charge in [-0.1, -0.05) is 33.1 Å². The van der Waals surface area contributed by atoms with Crippen LogP contribution in [0.5, 0.6) is 0 Å². The second-order valence-corrected chi connectivity index (χ2v) is 5.30. The molecule has 0 heterocycles. The van der Waals surface area contributed by atoms with E-state index in [0.717, 1.165) is 17.8 Å². The van der Waals surface area contributed by atoms with E-state index in [4.69, 9.17) is 0 Å². The molecule has 0 aliphatic heterocycles. The lowest BCUT2D eigenvalue weighted by Gasteiger charge is -2.25. The molecule has 0 heteroatoms. The van der Waals surface area contributed by atoms with Gasteiger partial charge in [0.05, 0.1) is 0 Å². The van der Waals surface area contributed by atoms with Gasteiger partial charge in [0, 0.05) is 0 Å². The fraction of sp³-hybridized carbons (Fsp3) is 0.929. The maximum Gasteiger partial charge on any atom is -0.0148 e. The van der Waals surface area contributed by atoms with E-state index in [1.54, 1.807) is 0 Å². The Morgan fingerprint density at radius 2 is 1.64 bits per heavy atom. The molecule has 81 valence electrons. The summed E-state index contributed by atoms with van der Waals surface area (Å²) in [5.41, 5.74) is 0. The van der Waals surface area contributed by atoms with Gasteiger partial charge in [0.1, 0.15) is 0 Å². The van der Waals surface area contributed by atoms with Crippen LogP contribution in [0, 0.1) is 23.7 Å². The van der Waals surface area contributed by atoms with Crippen LogP contribution >= 0.6 is 0 Å². The highest BCUT2D eigenvalue weighted by atomic mass is 14.5. The molecule has 14 heavy (non-hydrogen) atoms. The van der Waals surface area contributed by atoms with Crippen LogP contribution in [-0.2, 0) is 0 Å². The average Bonchev–Trinajstić information content (AvgIpc) is 3.02. The van der Waals surface area contributed by atoms with Gasteiger partial charge in [-0.05, 0) is 55.8 Å². The highest BCUT2D eigenvalue weighted by Crippen LogP contribution is 2.55. The SMILES string of the molecule is CCCCC(CC)[C](C1CC1)C1CC1. The number of hydrogen-bond donors (Lipinski definition) is 0.